The first kappa shape index (κ1) is 13.5. The summed E-state index contributed by atoms with van der Waals surface area (Å²) in [6, 6.07) is 0. The Morgan fingerprint density at radius 2 is 2.17 bits per heavy atom. The third-order valence-electron chi connectivity index (χ3n) is 2.48. The van der Waals surface area contributed by atoms with Crippen molar-refractivity contribution in [2.45, 2.75) is 45.0 Å². The molecule has 0 aliphatic heterocycles. The molecule has 0 aliphatic carbocycles. The number of nitrogens with zero attached hydrogens (tertiary/aromatic N) is 4. The van der Waals surface area contributed by atoms with Gasteiger partial charge in [-0.1, -0.05) is 26.0 Å². The SMILES string of the molecule is CC(Cl)c1cn(Cc2csc(C(C)(C)C)n2)nn1. The quantitative estimate of drug-likeness (QED) is 0.812. The van der Waals surface area contributed by atoms with Crippen LogP contribution in [0.4, 0.5) is 0 Å². The third kappa shape index (κ3) is 3.09. The molecule has 2 aromatic heterocycles. The summed E-state index contributed by atoms with van der Waals surface area (Å²) in [4.78, 5) is 4.63. The lowest BCUT2D eigenvalue weighted by Gasteiger charge is -2.13. The molecule has 0 bridgehead atoms. The predicted octanol–water partition coefficient (Wildman–Crippen LogP) is 3.38. The lowest BCUT2D eigenvalue weighted by atomic mass is 9.98. The first-order valence-electron chi connectivity index (χ1n) is 5.85. The molecule has 0 saturated heterocycles. The van der Waals surface area contributed by atoms with Gasteiger partial charge in [0.15, 0.2) is 0 Å². The molecule has 4 nitrogen and oxygen atoms in total. The van der Waals surface area contributed by atoms with E-state index in [0.717, 1.165) is 16.4 Å². The van der Waals surface area contributed by atoms with Crippen LogP contribution in [-0.4, -0.2) is 20.0 Å². The average molecular weight is 285 g/mol. The minimum absolute atomic E-state index is 0.0983. The van der Waals surface area contributed by atoms with Crippen molar-refractivity contribution in [2.75, 3.05) is 0 Å². The molecular formula is C12H17ClN4S. The molecule has 0 spiro atoms. The number of alkyl halides is 1. The number of aromatic nitrogens is 4. The van der Waals surface area contributed by atoms with Gasteiger partial charge in [-0.05, 0) is 6.92 Å². The van der Waals surface area contributed by atoms with Crippen LogP contribution in [0.3, 0.4) is 0 Å². The first-order valence-corrected chi connectivity index (χ1v) is 7.17. The van der Waals surface area contributed by atoms with Crippen LogP contribution in [0.2, 0.25) is 0 Å². The van der Waals surface area contributed by atoms with Gasteiger partial charge in [0.2, 0.25) is 0 Å². The molecule has 18 heavy (non-hydrogen) atoms. The summed E-state index contributed by atoms with van der Waals surface area (Å²) >= 11 is 7.64. The molecular weight excluding hydrogens is 268 g/mol. The molecule has 0 saturated carbocycles. The van der Waals surface area contributed by atoms with Crippen LogP contribution in [0.25, 0.3) is 0 Å². The molecule has 0 amide bonds. The number of halogens is 1. The van der Waals surface area contributed by atoms with Gasteiger partial charge < -0.3 is 0 Å². The van der Waals surface area contributed by atoms with Gasteiger partial charge in [-0.3, -0.25) is 0 Å². The van der Waals surface area contributed by atoms with E-state index in [-0.39, 0.29) is 10.8 Å². The van der Waals surface area contributed by atoms with E-state index in [2.05, 4.69) is 41.4 Å². The molecule has 0 aromatic carbocycles. The van der Waals surface area contributed by atoms with E-state index in [4.69, 9.17) is 11.6 Å². The molecule has 0 radical (unpaired) electrons. The minimum Gasteiger partial charge on any atom is -0.246 e. The second-order valence-corrected chi connectivity index (χ2v) is 6.86. The predicted molar refractivity (Wildman–Crippen MR) is 74.2 cm³/mol. The van der Waals surface area contributed by atoms with Crippen LogP contribution in [0, 0.1) is 0 Å². The van der Waals surface area contributed by atoms with Gasteiger partial charge in [-0.2, -0.15) is 0 Å². The highest BCUT2D eigenvalue weighted by Gasteiger charge is 2.18. The summed E-state index contributed by atoms with van der Waals surface area (Å²) in [5.74, 6) is 0. The second-order valence-electron chi connectivity index (χ2n) is 5.35. The van der Waals surface area contributed by atoms with Crippen LogP contribution in [0.5, 0.6) is 0 Å². The van der Waals surface area contributed by atoms with Crippen LogP contribution in [0.1, 0.15) is 49.5 Å². The van der Waals surface area contributed by atoms with Crippen LogP contribution >= 0.6 is 22.9 Å². The molecule has 0 fully saturated rings. The number of thiazole rings is 1. The lowest BCUT2D eigenvalue weighted by Crippen LogP contribution is -2.11. The Hall–Kier alpha value is -0.940. The Balaban J connectivity index is 2.11. The standard InChI is InChI=1S/C12H17ClN4S/c1-8(13)10-6-17(16-15-10)5-9-7-18-11(14-9)12(2,3)4/h6-8H,5H2,1-4H3. The zero-order chi connectivity index (χ0) is 13.3. The van der Waals surface area contributed by atoms with Gasteiger partial charge in [0.05, 0.1) is 28.8 Å². The van der Waals surface area contributed by atoms with Crippen molar-refractivity contribution in [3.63, 3.8) is 0 Å². The van der Waals surface area contributed by atoms with Crippen molar-refractivity contribution >= 4 is 22.9 Å². The number of hydrogen-bond acceptors (Lipinski definition) is 4. The zero-order valence-corrected chi connectivity index (χ0v) is 12.6. The number of hydrogen-bond donors (Lipinski definition) is 0. The van der Waals surface area contributed by atoms with Crippen LogP contribution in [0.15, 0.2) is 11.6 Å². The minimum atomic E-state index is -0.112. The van der Waals surface area contributed by atoms with Crippen LogP contribution < -0.4 is 0 Å². The summed E-state index contributed by atoms with van der Waals surface area (Å²) in [5.41, 5.74) is 1.91. The summed E-state index contributed by atoms with van der Waals surface area (Å²) in [6.45, 7) is 9.02. The third-order valence-corrected chi connectivity index (χ3v) is 4.02. The van der Waals surface area contributed by atoms with Crippen molar-refractivity contribution in [2.24, 2.45) is 0 Å². The Kier molecular flexibility index (Phi) is 3.73. The van der Waals surface area contributed by atoms with E-state index in [1.807, 2.05) is 13.1 Å². The summed E-state index contributed by atoms with van der Waals surface area (Å²) in [5, 5.41) is 11.2. The average Bonchev–Trinajstić information content (AvgIpc) is 2.85. The van der Waals surface area contributed by atoms with E-state index >= 15 is 0 Å². The van der Waals surface area contributed by atoms with E-state index < -0.39 is 0 Å². The fourth-order valence-electron chi connectivity index (χ4n) is 1.46. The maximum Gasteiger partial charge on any atom is 0.100 e. The molecule has 98 valence electrons. The smallest absolute Gasteiger partial charge is 0.100 e. The van der Waals surface area contributed by atoms with Gasteiger partial charge >= 0.3 is 0 Å². The molecule has 2 aromatic rings. The second kappa shape index (κ2) is 4.97. The monoisotopic (exact) mass is 284 g/mol. The highest BCUT2D eigenvalue weighted by Crippen LogP contribution is 2.25. The Labute approximate surface area is 116 Å². The molecule has 6 heteroatoms. The molecule has 1 unspecified atom stereocenters. The van der Waals surface area contributed by atoms with Gasteiger partial charge in [0.25, 0.3) is 0 Å². The lowest BCUT2D eigenvalue weighted by molar-refractivity contribution is 0.577. The van der Waals surface area contributed by atoms with Crippen molar-refractivity contribution in [1.29, 1.82) is 0 Å². The summed E-state index contributed by atoms with van der Waals surface area (Å²) in [6.07, 6.45) is 1.87. The molecule has 2 heterocycles. The maximum absolute atomic E-state index is 5.95. The van der Waals surface area contributed by atoms with E-state index in [0.29, 0.717) is 6.54 Å². The summed E-state index contributed by atoms with van der Waals surface area (Å²) < 4.78 is 1.77. The van der Waals surface area contributed by atoms with E-state index in [9.17, 15) is 0 Å². The van der Waals surface area contributed by atoms with E-state index in [1.165, 1.54) is 0 Å². The summed E-state index contributed by atoms with van der Waals surface area (Å²) in [7, 11) is 0. The highest BCUT2D eigenvalue weighted by atomic mass is 35.5. The highest BCUT2D eigenvalue weighted by molar-refractivity contribution is 7.09. The topological polar surface area (TPSA) is 43.6 Å². The van der Waals surface area contributed by atoms with Crippen molar-refractivity contribution in [1.82, 2.24) is 20.0 Å². The fraction of sp³-hybridized carbons (Fsp3) is 0.583. The van der Waals surface area contributed by atoms with Crippen molar-refractivity contribution in [3.05, 3.63) is 28.0 Å². The largest absolute Gasteiger partial charge is 0.246 e. The van der Waals surface area contributed by atoms with Crippen molar-refractivity contribution < 1.29 is 0 Å². The van der Waals surface area contributed by atoms with E-state index in [1.54, 1.807) is 16.0 Å². The van der Waals surface area contributed by atoms with Gasteiger partial charge in [-0.15, -0.1) is 28.0 Å². The Morgan fingerprint density at radius 3 is 2.67 bits per heavy atom. The van der Waals surface area contributed by atoms with Crippen LogP contribution in [-0.2, 0) is 12.0 Å². The normalized spacial score (nSPS) is 13.8. The molecule has 2 rings (SSSR count). The maximum atomic E-state index is 5.95. The Morgan fingerprint density at radius 1 is 1.44 bits per heavy atom. The van der Waals surface area contributed by atoms with Gasteiger partial charge in [0.1, 0.15) is 5.69 Å². The fourth-order valence-corrected chi connectivity index (χ4v) is 2.46. The van der Waals surface area contributed by atoms with Gasteiger partial charge in [0, 0.05) is 10.8 Å². The van der Waals surface area contributed by atoms with Gasteiger partial charge in [-0.25, -0.2) is 9.67 Å². The zero-order valence-electron chi connectivity index (χ0n) is 11.0. The molecule has 0 aliphatic rings. The number of rotatable bonds is 3. The van der Waals surface area contributed by atoms with Crippen molar-refractivity contribution in [3.8, 4) is 0 Å². The first-order chi connectivity index (χ1) is 8.36. The molecule has 0 N–H and O–H groups in total. The Bertz CT molecular complexity index is 524. The molecule has 1 atom stereocenters.